The van der Waals surface area contributed by atoms with Gasteiger partial charge in [-0.15, -0.1) is 12.4 Å². The highest BCUT2D eigenvalue weighted by Crippen LogP contribution is 2.34. The fraction of sp³-hybridized carbons (Fsp3) is 0.0435. The van der Waals surface area contributed by atoms with E-state index < -0.39 is 5.97 Å². The van der Waals surface area contributed by atoms with Crippen LogP contribution in [0, 0.1) is 0 Å². The van der Waals surface area contributed by atoms with E-state index >= 15 is 0 Å². The van der Waals surface area contributed by atoms with Crippen LogP contribution in [0.1, 0.15) is 17.3 Å². The Hall–Kier alpha value is -3.48. The van der Waals surface area contributed by atoms with E-state index in [1.807, 2.05) is 6.07 Å². The quantitative estimate of drug-likeness (QED) is 0.296. The van der Waals surface area contributed by atoms with E-state index in [4.69, 9.17) is 16.3 Å². The number of aromatic nitrogens is 2. The fourth-order valence-corrected chi connectivity index (χ4v) is 3.28. The SMILES string of the molecule is CC(=O)Oc1ccc2ncnc(N(C(=O)c3ccccc3)c3cccc(Cl)c3)c2c1.Cl. The number of halogens is 2. The van der Waals surface area contributed by atoms with Crippen LogP contribution in [0.15, 0.2) is 79.1 Å². The molecule has 3 aromatic carbocycles. The highest BCUT2D eigenvalue weighted by Gasteiger charge is 2.24. The first-order valence-corrected chi connectivity index (χ1v) is 9.49. The van der Waals surface area contributed by atoms with Crippen LogP contribution in [0.25, 0.3) is 10.9 Å². The molecule has 8 heteroatoms. The number of benzene rings is 3. The molecule has 0 radical (unpaired) electrons. The van der Waals surface area contributed by atoms with E-state index in [0.29, 0.717) is 38.7 Å². The number of rotatable bonds is 4. The van der Waals surface area contributed by atoms with Gasteiger partial charge in [0.1, 0.15) is 12.1 Å². The normalized spacial score (nSPS) is 10.3. The van der Waals surface area contributed by atoms with Crippen molar-refractivity contribution in [2.75, 3.05) is 4.90 Å². The number of carbonyl (C=O) groups is 2. The van der Waals surface area contributed by atoms with Crippen molar-refractivity contribution in [1.82, 2.24) is 9.97 Å². The van der Waals surface area contributed by atoms with Gasteiger partial charge in [-0.25, -0.2) is 9.97 Å². The Bertz CT molecular complexity index is 1250. The molecule has 0 saturated carbocycles. The van der Waals surface area contributed by atoms with Gasteiger partial charge in [0.15, 0.2) is 5.82 Å². The lowest BCUT2D eigenvalue weighted by molar-refractivity contribution is -0.131. The molecule has 0 spiro atoms. The zero-order chi connectivity index (χ0) is 21.1. The van der Waals surface area contributed by atoms with Crippen LogP contribution >= 0.6 is 24.0 Å². The molecule has 0 fully saturated rings. The highest BCUT2D eigenvalue weighted by atomic mass is 35.5. The second kappa shape index (κ2) is 9.55. The molecule has 0 bridgehead atoms. The summed E-state index contributed by atoms with van der Waals surface area (Å²) < 4.78 is 5.21. The summed E-state index contributed by atoms with van der Waals surface area (Å²) in [6.45, 7) is 1.32. The number of esters is 1. The van der Waals surface area contributed by atoms with E-state index in [-0.39, 0.29) is 18.3 Å². The van der Waals surface area contributed by atoms with Crippen molar-refractivity contribution in [2.24, 2.45) is 0 Å². The van der Waals surface area contributed by atoms with Gasteiger partial charge >= 0.3 is 5.97 Å². The molecule has 0 saturated heterocycles. The lowest BCUT2D eigenvalue weighted by Crippen LogP contribution is -2.27. The monoisotopic (exact) mass is 453 g/mol. The van der Waals surface area contributed by atoms with Crippen LogP contribution in [0.2, 0.25) is 5.02 Å². The summed E-state index contributed by atoms with van der Waals surface area (Å²) in [6.07, 6.45) is 1.39. The topological polar surface area (TPSA) is 72.4 Å². The smallest absolute Gasteiger partial charge is 0.308 e. The van der Waals surface area contributed by atoms with E-state index in [1.165, 1.54) is 18.2 Å². The van der Waals surface area contributed by atoms with Crippen LogP contribution < -0.4 is 9.64 Å². The van der Waals surface area contributed by atoms with Crippen molar-refractivity contribution in [3.05, 3.63) is 89.7 Å². The number of nitrogens with zero attached hydrogens (tertiary/aromatic N) is 3. The number of fused-ring (bicyclic) bond motifs is 1. The minimum atomic E-state index is -0.445. The Labute approximate surface area is 189 Å². The van der Waals surface area contributed by atoms with Crippen molar-refractivity contribution >= 4 is 58.3 Å². The third kappa shape index (κ3) is 4.82. The molecule has 0 aliphatic carbocycles. The van der Waals surface area contributed by atoms with Crippen LogP contribution in [-0.2, 0) is 4.79 Å². The summed E-state index contributed by atoms with van der Waals surface area (Å²) in [5.74, 6) is -0.0371. The summed E-state index contributed by atoms with van der Waals surface area (Å²) in [4.78, 5) is 35.0. The Morgan fingerprint density at radius 1 is 0.935 bits per heavy atom. The Morgan fingerprint density at radius 3 is 2.42 bits per heavy atom. The van der Waals surface area contributed by atoms with E-state index in [1.54, 1.807) is 66.7 Å². The maximum absolute atomic E-state index is 13.5. The molecule has 31 heavy (non-hydrogen) atoms. The van der Waals surface area contributed by atoms with Gasteiger partial charge in [-0.1, -0.05) is 35.9 Å². The van der Waals surface area contributed by atoms with Crippen molar-refractivity contribution in [3.63, 3.8) is 0 Å². The van der Waals surface area contributed by atoms with Crippen molar-refractivity contribution < 1.29 is 14.3 Å². The van der Waals surface area contributed by atoms with Gasteiger partial charge < -0.3 is 4.74 Å². The number of carbonyl (C=O) groups excluding carboxylic acids is 2. The third-order valence-corrected chi connectivity index (χ3v) is 4.58. The van der Waals surface area contributed by atoms with Gasteiger partial charge in [-0.2, -0.15) is 0 Å². The third-order valence-electron chi connectivity index (χ3n) is 4.35. The van der Waals surface area contributed by atoms with E-state index in [9.17, 15) is 9.59 Å². The minimum Gasteiger partial charge on any atom is -0.427 e. The predicted molar refractivity (Wildman–Crippen MR) is 122 cm³/mol. The van der Waals surface area contributed by atoms with Gasteiger partial charge in [0.2, 0.25) is 0 Å². The molecule has 1 aromatic heterocycles. The number of anilines is 2. The second-order valence-electron chi connectivity index (χ2n) is 6.46. The van der Waals surface area contributed by atoms with Crippen molar-refractivity contribution in [2.45, 2.75) is 6.92 Å². The molecular weight excluding hydrogens is 437 g/mol. The zero-order valence-electron chi connectivity index (χ0n) is 16.4. The minimum absolute atomic E-state index is 0. The largest absolute Gasteiger partial charge is 0.427 e. The predicted octanol–water partition coefficient (Wildman–Crippen LogP) is 5.61. The van der Waals surface area contributed by atoms with Crippen LogP contribution in [0.5, 0.6) is 5.75 Å². The first kappa shape index (κ1) is 22.2. The first-order chi connectivity index (χ1) is 14.5. The summed E-state index contributed by atoms with van der Waals surface area (Å²) >= 11 is 6.20. The highest BCUT2D eigenvalue weighted by molar-refractivity contribution is 6.31. The average molecular weight is 454 g/mol. The molecule has 4 aromatic rings. The van der Waals surface area contributed by atoms with Crippen LogP contribution in [-0.4, -0.2) is 21.8 Å². The number of hydrogen-bond donors (Lipinski definition) is 0. The lowest BCUT2D eigenvalue weighted by Gasteiger charge is -2.23. The summed E-state index contributed by atoms with van der Waals surface area (Å²) in [7, 11) is 0. The molecule has 0 atom stereocenters. The molecule has 6 nitrogen and oxygen atoms in total. The molecule has 1 heterocycles. The fourth-order valence-electron chi connectivity index (χ4n) is 3.09. The van der Waals surface area contributed by atoms with Crippen LogP contribution in [0.4, 0.5) is 11.5 Å². The van der Waals surface area contributed by atoms with E-state index in [2.05, 4.69) is 9.97 Å². The maximum atomic E-state index is 13.5. The molecule has 0 unspecified atom stereocenters. The molecule has 156 valence electrons. The summed E-state index contributed by atoms with van der Waals surface area (Å²) in [5.41, 5.74) is 1.64. The molecule has 1 amide bonds. The zero-order valence-corrected chi connectivity index (χ0v) is 17.9. The summed E-state index contributed by atoms with van der Waals surface area (Å²) in [6, 6.07) is 20.8. The summed E-state index contributed by atoms with van der Waals surface area (Å²) in [5, 5.41) is 1.04. The molecule has 0 aliphatic rings. The molecule has 0 aliphatic heterocycles. The second-order valence-corrected chi connectivity index (χ2v) is 6.89. The standard InChI is InChI=1S/C23H16ClN3O3.ClH/c1-15(28)30-19-10-11-21-20(13-19)22(26-14-25-21)27(18-9-5-8-17(24)12-18)23(29)16-6-3-2-4-7-16;/h2-14H,1H3;1H. The van der Waals surface area contributed by atoms with Gasteiger partial charge in [-0.3, -0.25) is 14.5 Å². The van der Waals surface area contributed by atoms with Gasteiger partial charge in [-0.05, 0) is 48.5 Å². The van der Waals surface area contributed by atoms with Gasteiger partial charge in [0.05, 0.1) is 11.2 Å². The van der Waals surface area contributed by atoms with Crippen LogP contribution in [0.3, 0.4) is 0 Å². The average Bonchev–Trinajstić information content (AvgIpc) is 2.74. The Morgan fingerprint density at radius 2 is 1.71 bits per heavy atom. The molecule has 0 N–H and O–H groups in total. The first-order valence-electron chi connectivity index (χ1n) is 9.11. The molecular formula is C23H17Cl2N3O3. The van der Waals surface area contributed by atoms with E-state index in [0.717, 1.165) is 0 Å². The van der Waals surface area contributed by atoms with Gasteiger partial charge in [0, 0.05) is 22.9 Å². The lowest BCUT2D eigenvalue weighted by atomic mass is 10.1. The molecule has 4 rings (SSSR count). The Balaban J connectivity index is 0.00000272. The Kier molecular flexibility index (Phi) is 6.84. The van der Waals surface area contributed by atoms with Crippen molar-refractivity contribution in [1.29, 1.82) is 0 Å². The van der Waals surface area contributed by atoms with Crippen molar-refractivity contribution in [3.8, 4) is 5.75 Å². The number of hydrogen-bond acceptors (Lipinski definition) is 5. The number of ether oxygens (including phenoxy) is 1. The number of amides is 1. The van der Waals surface area contributed by atoms with Gasteiger partial charge in [0.25, 0.3) is 5.91 Å². The maximum Gasteiger partial charge on any atom is 0.308 e.